The maximum atomic E-state index is 12.5. The van der Waals surface area contributed by atoms with Crippen molar-refractivity contribution in [3.8, 4) is 11.4 Å². The van der Waals surface area contributed by atoms with Gasteiger partial charge in [0.1, 0.15) is 0 Å². The zero-order chi connectivity index (χ0) is 19.4. The maximum Gasteiger partial charge on any atom is 0.233 e. The molecule has 1 aromatic heterocycles. The van der Waals surface area contributed by atoms with E-state index in [-0.39, 0.29) is 23.5 Å². The molecule has 0 aliphatic carbocycles. The van der Waals surface area contributed by atoms with Crippen molar-refractivity contribution in [3.05, 3.63) is 43.0 Å². The molecule has 1 aromatic carbocycles. The summed E-state index contributed by atoms with van der Waals surface area (Å²) in [6.45, 7) is 6.08. The summed E-state index contributed by atoms with van der Waals surface area (Å²) >= 11 is 1.30. The minimum Gasteiger partial charge on any atom is -0.351 e. The minimum absolute atomic E-state index is 0.0148. The zero-order valence-electron chi connectivity index (χ0n) is 15.0. The van der Waals surface area contributed by atoms with Gasteiger partial charge in [0.2, 0.25) is 5.91 Å². The first-order valence-corrected chi connectivity index (χ1v) is 11.4. The average molecular weight is 407 g/mol. The predicted molar refractivity (Wildman–Crippen MR) is 106 cm³/mol. The van der Waals surface area contributed by atoms with Crippen molar-refractivity contribution in [2.24, 2.45) is 0 Å². The Morgan fingerprint density at radius 2 is 2.15 bits per heavy atom. The number of allylic oxidation sites excluding steroid dienone is 1. The molecule has 0 radical (unpaired) electrons. The highest BCUT2D eigenvalue weighted by Crippen LogP contribution is 2.27. The van der Waals surface area contributed by atoms with E-state index >= 15 is 0 Å². The largest absolute Gasteiger partial charge is 0.351 e. The fourth-order valence-corrected chi connectivity index (χ4v) is 5.45. The number of carbonyl (C=O) groups excluding carboxylic acids is 1. The Morgan fingerprint density at radius 1 is 1.41 bits per heavy atom. The number of carbonyl (C=O) groups is 1. The van der Waals surface area contributed by atoms with E-state index in [1.54, 1.807) is 13.0 Å². The Bertz CT molecular complexity index is 925. The second-order valence-corrected chi connectivity index (χ2v) is 9.98. The lowest BCUT2D eigenvalue weighted by Crippen LogP contribution is -2.40. The van der Waals surface area contributed by atoms with Crippen molar-refractivity contribution >= 4 is 27.5 Å². The van der Waals surface area contributed by atoms with Gasteiger partial charge in [-0.25, -0.2) is 8.42 Å². The van der Waals surface area contributed by atoms with Gasteiger partial charge in [0.15, 0.2) is 20.8 Å². The molecule has 1 saturated heterocycles. The van der Waals surface area contributed by atoms with Gasteiger partial charge < -0.3 is 5.32 Å². The molecule has 1 fully saturated rings. The fraction of sp³-hybridized carbons (Fsp3) is 0.389. The minimum atomic E-state index is -3.03. The predicted octanol–water partition coefficient (Wildman–Crippen LogP) is 1.91. The number of amides is 1. The Hall–Kier alpha value is -2.13. The molecule has 0 bridgehead atoms. The third-order valence-electron chi connectivity index (χ3n) is 4.29. The highest BCUT2D eigenvalue weighted by atomic mass is 32.2. The summed E-state index contributed by atoms with van der Waals surface area (Å²) in [6, 6.07) is 9.39. The van der Waals surface area contributed by atoms with E-state index in [4.69, 9.17) is 0 Å². The van der Waals surface area contributed by atoms with Crippen molar-refractivity contribution in [1.82, 2.24) is 20.1 Å². The number of hydrogen-bond donors (Lipinski definition) is 1. The van der Waals surface area contributed by atoms with Crippen LogP contribution < -0.4 is 5.32 Å². The van der Waals surface area contributed by atoms with Crippen LogP contribution in [-0.4, -0.2) is 51.9 Å². The quantitative estimate of drug-likeness (QED) is 0.558. The molecule has 9 heteroatoms. The first-order valence-electron chi connectivity index (χ1n) is 8.66. The monoisotopic (exact) mass is 406 g/mol. The summed E-state index contributed by atoms with van der Waals surface area (Å²) in [6.07, 6.45) is 2.23. The molecule has 2 heterocycles. The summed E-state index contributed by atoms with van der Waals surface area (Å²) < 4.78 is 25.0. The number of hydrogen-bond acceptors (Lipinski definition) is 6. The number of sulfone groups is 1. The van der Waals surface area contributed by atoms with E-state index in [1.165, 1.54) is 11.8 Å². The number of aromatic nitrogens is 3. The van der Waals surface area contributed by atoms with E-state index in [0.717, 1.165) is 5.56 Å². The van der Waals surface area contributed by atoms with Crippen LogP contribution in [0.2, 0.25) is 0 Å². The molecular weight excluding hydrogens is 384 g/mol. The fourth-order valence-electron chi connectivity index (χ4n) is 2.91. The molecule has 1 N–H and O–H groups in total. The smallest absolute Gasteiger partial charge is 0.233 e. The van der Waals surface area contributed by atoms with E-state index < -0.39 is 15.1 Å². The van der Waals surface area contributed by atoms with E-state index in [0.29, 0.717) is 23.9 Å². The first-order chi connectivity index (χ1) is 12.9. The number of rotatable bonds is 7. The molecule has 2 atom stereocenters. The van der Waals surface area contributed by atoms with Gasteiger partial charge in [0.25, 0.3) is 0 Å². The van der Waals surface area contributed by atoms with Crippen molar-refractivity contribution in [3.63, 3.8) is 0 Å². The molecule has 1 aliphatic heterocycles. The molecule has 27 heavy (non-hydrogen) atoms. The average Bonchev–Trinajstić information content (AvgIpc) is 3.19. The molecule has 2 aromatic rings. The van der Waals surface area contributed by atoms with Crippen molar-refractivity contribution in [2.45, 2.75) is 36.3 Å². The van der Waals surface area contributed by atoms with Gasteiger partial charge in [-0.05, 0) is 13.3 Å². The lowest BCUT2D eigenvalue weighted by atomic mass is 10.2. The van der Waals surface area contributed by atoms with Gasteiger partial charge in [-0.15, -0.1) is 16.8 Å². The number of benzene rings is 1. The lowest BCUT2D eigenvalue weighted by molar-refractivity contribution is -0.120. The van der Waals surface area contributed by atoms with E-state index in [1.807, 2.05) is 34.9 Å². The van der Waals surface area contributed by atoms with E-state index in [2.05, 4.69) is 22.1 Å². The van der Waals surface area contributed by atoms with Gasteiger partial charge in [-0.2, -0.15) is 0 Å². The van der Waals surface area contributed by atoms with Gasteiger partial charge in [0.05, 0.1) is 16.8 Å². The Balaban J connectivity index is 1.72. The van der Waals surface area contributed by atoms with Crippen LogP contribution >= 0.6 is 11.8 Å². The van der Waals surface area contributed by atoms with Crippen LogP contribution in [0, 0.1) is 0 Å². The first kappa shape index (κ1) is 19.6. The van der Waals surface area contributed by atoms with Crippen LogP contribution in [-0.2, 0) is 21.2 Å². The van der Waals surface area contributed by atoms with Crippen LogP contribution in [0.1, 0.15) is 13.3 Å². The number of nitrogens with one attached hydrogen (secondary N) is 1. The summed E-state index contributed by atoms with van der Waals surface area (Å²) in [5, 5.41) is 11.5. The third kappa shape index (κ3) is 4.78. The third-order valence-corrected chi connectivity index (χ3v) is 7.14. The SMILES string of the molecule is C=CCn1c(S[C@H](C)C(=O)N[C@H]2CCS(=O)(=O)C2)nnc1-c1ccccc1. The summed E-state index contributed by atoms with van der Waals surface area (Å²) in [4.78, 5) is 12.5. The normalized spacial score (nSPS) is 19.5. The summed E-state index contributed by atoms with van der Waals surface area (Å²) in [5.41, 5.74) is 0.937. The van der Waals surface area contributed by atoms with Gasteiger partial charge >= 0.3 is 0 Å². The molecule has 0 saturated carbocycles. The Kier molecular flexibility index (Phi) is 6.01. The van der Waals surface area contributed by atoms with E-state index in [9.17, 15) is 13.2 Å². The number of nitrogens with zero attached hydrogens (tertiary/aromatic N) is 3. The molecular formula is C18H22N4O3S2. The summed E-state index contributed by atoms with van der Waals surface area (Å²) in [7, 11) is -3.03. The van der Waals surface area contributed by atoms with Gasteiger partial charge in [-0.1, -0.05) is 48.2 Å². The van der Waals surface area contributed by atoms with Crippen molar-refractivity contribution in [1.29, 1.82) is 0 Å². The standard InChI is InChI=1S/C18H22N4O3S2/c1-3-10-22-16(14-7-5-4-6-8-14)20-21-18(22)26-13(2)17(23)19-15-9-11-27(24,25)12-15/h3-8,13,15H,1,9-12H2,2H3,(H,19,23)/t13-,15+/m1/s1. The van der Waals surface area contributed by atoms with Crippen molar-refractivity contribution < 1.29 is 13.2 Å². The van der Waals surface area contributed by atoms with Crippen LogP contribution in [0.25, 0.3) is 11.4 Å². The Labute approximate surface area is 163 Å². The van der Waals surface area contributed by atoms with Gasteiger partial charge in [-0.3, -0.25) is 9.36 Å². The second kappa shape index (κ2) is 8.26. The highest BCUT2D eigenvalue weighted by molar-refractivity contribution is 8.00. The molecule has 0 unspecified atom stereocenters. The highest BCUT2D eigenvalue weighted by Gasteiger charge is 2.30. The maximum absolute atomic E-state index is 12.5. The van der Waals surface area contributed by atoms with Crippen LogP contribution in [0.5, 0.6) is 0 Å². The van der Waals surface area contributed by atoms with Crippen LogP contribution in [0.15, 0.2) is 48.1 Å². The molecule has 144 valence electrons. The van der Waals surface area contributed by atoms with Crippen LogP contribution in [0.4, 0.5) is 0 Å². The summed E-state index contributed by atoms with van der Waals surface area (Å²) in [5.74, 6) is 0.665. The molecule has 7 nitrogen and oxygen atoms in total. The number of thioether (sulfide) groups is 1. The topological polar surface area (TPSA) is 94.0 Å². The zero-order valence-corrected chi connectivity index (χ0v) is 16.7. The Morgan fingerprint density at radius 3 is 2.78 bits per heavy atom. The van der Waals surface area contributed by atoms with Gasteiger partial charge in [0, 0.05) is 18.2 Å². The molecule has 3 rings (SSSR count). The second-order valence-electron chi connectivity index (χ2n) is 6.44. The van der Waals surface area contributed by atoms with Crippen LogP contribution in [0.3, 0.4) is 0 Å². The van der Waals surface area contributed by atoms with Crippen molar-refractivity contribution in [2.75, 3.05) is 11.5 Å². The lowest BCUT2D eigenvalue weighted by Gasteiger charge is -2.15. The molecule has 0 spiro atoms. The molecule has 1 amide bonds. The molecule has 1 aliphatic rings.